The summed E-state index contributed by atoms with van der Waals surface area (Å²) in [4.78, 5) is 14.5. The Balaban J connectivity index is 1.81. The number of nitrogens with zero attached hydrogens (tertiary/aromatic N) is 2. The van der Waals surface area contributed by atoms with Gasteiger partial charge in [-0.25, -0.2) is 0 Å². The van der Waals surface area contributed by atoms with E-state index in [1.165, 1.54) is 7.11 Å². The first-order chi connectivity index (χ1) is 11.2. The zero-order chi connectivity index (χ0) is 16.2. The Morgan fingerprint density at radius 3 is 2.74 bits per heavy atom. The number of rotatable bonds is 6. The lowest BCUT2D eigenvalue weighted by Crippen LogP contribution is -2.29. The van der Waals surface area contributed by atoms with Crippen molar-refractivity contribution in [3.8, 4) is 11.1 Å². The van der Waals surface area contributed by atoms with E-state index in [4.69, 9.17) is 9.15 Å². The topological polar surface area (TPSA) is 90.4 Å². The van der Waals surface area contributed by atoms with Crippen molar-refractivity contribution in [3.05, 3.63) is 58.6 Å². The highest BCUT2D eigenvalue weighted by atomic mass is 16.7. The molecule has 7 nitrogen and oxygen atoms in total. The summed E-state index contributed by atoms with van der Waals surface area (Å²) in [5.74, 6) is 0. The molecule has 0 aliphatic carbocycles. The number of anilines is 1. The Bertz CT molecular complexity index is 817. The van der Waals surface area contributed by atoms with E-state index in [0.717, 1.165) is 11.1 Å². The standard InChI is InChI=1S/C16H15N3O4/c1-22-15(19(20)21)10-17-16-18-13-9-12(7-8-14(13)23-16)11-5-3-2-4-6-11/h2-9,15H,10H2,1H3,(H,17,18). The molecule has 1 N–H and O–H groups in total. The summed E-state index contributed by atoms with van der Waals surface area (Å²) in [5, 5.41) is 13.5. The first-order valence-corrected chi connectivity index (χ1v) is 7.03. The van der Waals surface area contributed by atoms with E-state index < -0.39 is 11.2 Å². The van der Waals surface area contributed by atoms with Crippen LogP contribution in [0, 0.1) is 10.1 Å². The Hall–Kier alpha value is -2.93. The number of hydrogen-bond acceptors (Lipinski definition) is 6. The van der Waals surface area contributed by atoms with E-state index in [-0.39, 0.29) is 12.6 Å². The Morgan fingerprint density at radius 1 is 1.26 bits per heavy atom. The summed E-state index contributed by atoms with van der Waals surface area (Å²) in [6.45, 7) is -0.0259. The van der Waals surface area contributed by atoms with Gasteiger partial charge in [0.25, 0.3) is 6.01 Å². The molecule has 0 radical (unpaired) electrons. The Kier molecular flexibility index (Phi) is 4.20. The average molecular weight is 313 g/mol. The second-order valence-corrected chi connectivity index (χ2v) is 4.92. The third kappa shape index (κ3) is 3.29. The molecule has 1 unspecified atom stereocenters. The maximum atomic E-state index is 10.7. The van der Waals surface area contributed by atoms with Crippen LogP contribution in [-0.2, 0) is 4.74 Å². The Labute approximate surface area is 132 Å². The van der Waals surface area contributed by atoms with Gasteiger partial charge in [0, 0.05) is 7.11 Å². The normalized spacial score (nSPS) is 12.2. The molecule has 3 aromatic rings. The van der Waals surface area contributed by atoms with Crippen molar-refractivity contribution >= 4 is 17.1 Å². The van der Waals surface area contributed by atoms with Crippen molar-refractivity contribution in [2.24, 2.45) is 0 Å². The molecular weight excluding hydrogens is 298 g/mol. The van der Waals surface area contributed by atoms with Crippen LogP contribution < -0.4 is 5.32 Å². The molecule has 7 heteroatoms. The molecule has 23 heavy (non-hydrogen) atoms. The number of hydrogen-bond donors (Lipinski definition) is 1. The van der Waals surface area contributed by atoms with Crippen LogP contribution in [0.1, 0.15) is 0 Å². The van der Waals surface area contributed by atoms with Gasteiger partial charge < -0.3 is 14.5 Å². The van der Waals surface area contributed by atoms with Gasteiger partial charge in [-0.3, -0.25) is 10.1 Å². The van der Waals surface area contributed by atoms with E-state index in [0.29, 0.717) is 11.1 Å². The van der Waals surface area contributed by atoms with Crippen LogP contribution >= 0.6 is 0 Å². The predicted molar refractivity (Wildman–Crippen MR) is 85.7 cm³/mol. The zero-order valence-corrected chi connectivity index (χ0v) is 12.4. The smallest absolute Gasteiger partial charge is 0.332 e. The van der Waals surface area contributed by atoms with E-state index in [2.05, 4.69) is 10.3 Å². The Morgan fingerprint density at radius 2 is 2.04 bits per heavy atom. The second kappa shape index (κ2) is 6.45. The number of nitro groups is 1. The highest BCUT2D eigenvalue weighted by Gasteiger charge is 2.19. The summed E-state index contributed by atoms with van der Waals surface area (Å²) in [7, 11) is 1.29. The third-order valence-corrected chi connectivity index (χ3v) is 3.43. The molecule has 1 aromatic heterocycles. The van der Waals surface area contributed by atoms with Crippen molar-refractivity contribution < 1.29 is 14.1 Å². The molecule has 0 bridgehead atoms. The molecule has 0 saturated carbocycles. The van der Waals surface area contributed by atoms with Crippen molar-refractivity contribution in [3.63, 3.8) is 0 Å². The molecular formula is C16H15N3O4. The van der Waals surface area contributed by atoms with Gasteiger partial charge in [0.1, 0.15) is 12.1 Å². The van der Waals surface area contributed by atoms with Gasteiger partial charge >= 0.3 is 6.23 Å². The number of aromatic nitrogens is 1. The molecule has 118 valence electrons. The summed E-state index contributed by atoms with van der Waals surface area (Å²) in [6.07, 6.45) is -1.15. The van der Waals surface area contributed by atoms with Gasteiger partial charge in [-0.05, 0) is 23.3 Å². The van der Waals surface area contributed by atoms with Crippen LogP contribution in [0.2, 0.25) is 0 Å². The first-order valence-electron chi connectivity index (χ1n) is 7.03. The van der Waals surface area contributed by atoms with Crippen molar-refractivity contribution in [1.29, 1.82) is 0 Å². The molecule has 0 aliphatic heterocycles. The SMILES string of the molecule is COC(CNc1nc2cc(-c3ccccc3)ccc2o1)[N+](=O)[O-]. The van der Waals surface area contributed by atoms with Gasteiger partial charge in [-0.2, -0.15) is 4.98 Å². The number of ether oxygens (including phenoxy) is 1. The maximum absolute atomic E-state index is 10.7. The van der Waals surface area contributed by atoms with Crippen molar-refractivity contribution in [1.82, 2.24) is 4.98 Å². The van der Waals surface area contributed by atoms with Gasteiger partial charge in [0.2, 0.25) is 0 Å². The summed E-state index contributed by atoms with van der Waals surface area (Å²) < 4.78 is 10.3. The van der Waals surface area contributed by atoms with Crippen LogP contribution in [0.4, 0.5) is 6.01 Å². The van der Waals surface area contributed by atoms with Crippen molar-refractivity contribution in [2.45, 2.75) is 6.23 Å². The van der Waals surface area contributed by atoms with Crippen LogP contribution in [0.3, 0.4) is 0 Å². The lowest BCUT2D eigenvalue weighted by Gasteiger charge is -2.06. The molecule has 1 atom stereocenters. The maximum Gasteiger partial charge on any atom is 0.332 e. The number of oxazole rings is 1. The van der Waals surface area contributed by atoms with E-state index in [1.807, 2.05) is 48.5 Å². The lowest BCUT2D eigenvalue weighted by atomic mass is 10.1. The van der Waals surface area contributed by atoms with Crippen molar-refractivity contribution in [2.75, 3.05) is 19.0 Å². The first kappa shape index (κ1) is 15.0. The fourth-order valence-corrected chi connectivity index (χ4v) is 2.23. The van der Waals surface area contributed by atoms with Crippen LogP contribution in [0.5, 0.6) is 0 Å². The molecule has 0 amide bonds. The van der Waals surface area contributed by atoms with Gasteiger partial charge in [0.05, 0.1) is 4.92 Å². The third-order valence-electron chi connectivity index (χ3n) is 3.43. The molecule has 0 aliphatic rings. The van der Waals surface area contributed by atoms with Gasteiger partial charge in [-0.15, -0.1) is 0 Å². The lowest BCUT2D eigenvalue weighted by molar-refractivity contribution is -0.568. The zero-order valence-electron chi connectivity index (χ0n) is 12.4. The fraction of sp³-hybridized carbons (Fsp3) is 0.188. The number of benzene rings is 2. The van der Waals surface area contributed by atoms with Gasteiger partial charge in [0.15, 0.2) is 5.58 Å². The van der Waals surface area contributed by atoms with Gasteiger partial charge in [-0.1, -0.05) is 36.4 Å². The summed E-state index contributed by atoms with van der Waals surface area (Å²) in [6, 6.07) is 15.9. The minimum Gasteiger partial charge on any atom is -0.424 e. The quantitative estimate of drug-likeness (QED) is 0.427. The van der Waals surface area contributed by atoms with Crippen LogP contribution in [-0.4, -0.2) is 29.8 Å². The van der Waals surface area contributed by atoms with Crippen LogP contribution in [0.25, 0.3) is 22.2 Å². The molecule has 3 rings (SSSR count). The molecule has 0 fully saturated rings. The minimum atomic E-state index is -1.15. The second-order valence-electron chi connectivity index (χ2n) is 4.92. The van der Waals surface area contributed by atoms with E-state index in [1.54, 1.807) is 0 Å². The predicted octanol–water partition coefficient (Wildman–Crippen LogP) is 3.16. The van der Waals surface area contributed by atoms with Crippen LogP contribution in [0.15, 0.2) is 52.9 Å². The number of fused-ring (bicyclic) bond motifs is 1. The summed E-state index contributed by atoms with van der Waals surface area (Å²) in [5.41, 5.74) is 3.41. The van der Waals surface area contributed by atoms with E-state index >= 15 is 0 Å². The average Bonchev–Trinajstić information content (AvgIpc) is 2.97. The minimum absolute atomic E-state index is 0.0259. The number of methoxy groups -OCH3 is 1. The highest BCUT2D eigenvalue weighted by molar-refractivity contribution is 5.81. The molecule has 1 heterocycles. The summed E-state index contributed by atoms with van der Waals surface area (Å²) >= 11 is 0. The molecule has 2 aromatic carbocycles. The monoisotopic (exact) mass is 313 g/mol. The fourth-order valence-electron chi connectivity index (χ4n) is 2.23. The highest BCUT2D eigenvalue weighted by Crippen LogP contribution is 2.26. The van der Waals surface area contributed by atoms with E-state index in [9.17, 15) is 10.1 Å². The molecule has 0 spiro atoms. The number of nitrogens with one attached hydrogen (secondary N) is 1. The molecule has 0 saturated heterocycles. The largest absolute Gasteiger partial charge is 0.424 e.